The summed E-state index contributed by atoms with van der Waals surface area (Å²) in [5.41, 5.74) is -42.9. The summed E-state index contributed by atoms with van der Waals surface area (Å²) < 4.78 is 541. The third kappa shape index (κ3) is 6.22. The summed E-state index contributed by atoms with van der Waals surface area (Å²) in [5, 5.41) is 0. The molecule has 0 rings (SSSR count). The van der Waals surface area contributed by atoms with Gasteiger partial charge in [0.05, 0.1) is 0 Å². The maximum Gasteiger partial charge on any atom is 0.460 e. The molecule has 0 fully saturated rings. The minimum absolute atomic E-state index is 8.56. The molecule has 0 N–H and O–H groups in total. The molecule has 0 aromatic heterocycles. The van der Waals surface area contributed by atoms with Crippen LogP contribution in [0.1, 0.15) is 0 Å². The monoisotopic (exact) mass is 1000 g/mol. The third-order valence-corrected chi connectivity index (χ3v) is 12.2. The summed E-state index contributed by atoms with van der Waals surface area (Å²) in [6.45, 7) is 0. The van der Waals surface area contributed by atoms with Gasteiger partial charge in [-0.1, -0.05) is 0 Å². The van der Waals surface area contributed by atoms with Crippen LogP contribution in [0.15, 0.2) is 0 Å². The van der Waals surface area contributed by atoms with E-state index in [4.69, 9.17) is 0 Å². The zero-order valence-corrected chi connectivity index (χ0v) is 25.6. The standard InChI is InChI=1S/C18F40Si/c19-1(20,3(23,24)5(27,28)7(31,32)9(35,36)11(39,40)41)2(21,22)4(25,26)6(29,30)8(33,34)10(37,38)15(51,52)59(16(53,54)12(42,43)44,17(55,56)13(45,46)47)18(57,58)14(48,49)50. The second-order valence-electron chi connectivity index (χ2n) is 10.8. The van der Waals surface area contributed by atoms with E-state index in [1.54, 1.807) is 0 Å². The fourth-order valence-corrected chi connectivity index (χ4v) is 8.28. The van der Waals surface area contributed by atoms with Crippen molar-refractivity contribution < 1.29 is 176 Å². The molecule has 0 nitrogen and oxygen atoms in total. The molecule has 0 saturated heterocycles. The summed E-state index contributed by atoms with van der Waals surface area (Å²) in [6.07, 6.45) is -37.5. The molecule has 59 heavy (non-hydrogen) atoms. The highest BCUT2D eigenvalue weighted by Gasteiger charge is 3.10. The highest BCUT2D eigenvalue weighted by Crippen LogP contribution is 2.73. The maximum atomic E-state index is 14.7. The van der Waals surface area contributed by atoms with Gasteiger partial charge >= 0.3 is 114 Å². The van der Waals surface area contributed by atoms with Crippen molar-refractivity contribution in [1.82, 2.24) is 0 Å². The van der Waals surface area contributed by atoms with Crippen molar-refractivity contribution >= 4 is 8.07 Å². The Bertz CT molecular complexity index is 1460. The van der Waals surface area contributed by atoms with Crippen LogP contribution in [-0.4, -0.2) is 114 Å². The lowest BCUT2D eigenvalue weighted by Crippen LogP contribution is -2.94. The highest BCUT2D eigenvalue weighted by atomic mass is 28.3. The second kappa shape index (κ2) is 13.2. The van der Waals surface area contributed by atoms with Crippen LogP contribution in [0.25, 0.3) is 0 Å². The van der Waals surface area contributed by atoms with Crippen LogP contribution in [0.4, 0.5) is 176 Å². The van der Waals surface area contributed by atoms with E-state index >= 15 is 0 Å². The number of hydrogen-bond donors (Lipinski definition) is 0. The van der Waals surface area contributed by atoms with Crippen LogP contribution in [0.2, 0.25) is 0 Å². The predicted molar refractivity (Wildman–Crippen MR) is 99.2 cm³/mol. The summed E-state index contributed by atoms with van der Waals surface area (Å²) in [7, 11) is -14.0. The molecule has 0 heterocycles. The minimum Gasteiger partial charge on any atom is -0.204 e. The second-order valence-corrected chi connectivity index (χ2v) is 14.8. The van der Waals surface area contributed by atoms with Gasteiger partial charge in [0.15, 0.2) is 0 Å². The number of hydrogen-bond acceptors (Lipinski definition) is 0. The lowest BCUT2D eigenvalue weighted by atomic mass is 9.85. The lowest BCUT2D eigenvalue weighted by Gasteiger charge is -2.53. The van der Waals surface area contributed by atoms with E-state index in [1.165, 1.54) is 0 Å². The van der Waals surface area contributed by atoms with E-state index in [9.17, 15) is 176 Å². The molecule has 0 aromatic rings. The highest BCUT2D eigenvalue weighted by molar-refractivity contribution is 6.89. The molecule has 356 valence electrons. The lowest BCUT2D eigenvalue weighted by molar-refractivity contribution is -0.481. The average Bonchev–Trinajstić information content (AvgIpc) is 2.93. The number of rotatable bonds is 14. The van der Waals surface area contributed by atoms with Gasteiger partial charge in [-0.15, -0.1) is 0 Å². The Morgan fingerprint density at radius 3 is 0.407 bits per heavy atom. The Morgan fingerprint density at radius 1 is 0.136 bits per heavy atom. The molecular weight excluding hydrogens is 1000 g/mol. The quantitative estimate of drug-likeness (QED) is 0.120. The molecule has 0 amide bonds. The first-order valence-corrected chi connectivity index (χ1v) is 14.1. The molecule has 0 spiro atoms. The van der Waals surface area contributed by atoms with Crippen molar-refractivity contribution in [1.29, 1.82) is 0 Å². The van der Waals surface area contributed by atoms with E-state index in [1.807, 2.05) is 0 Å². The molecule has 0 aliphatic carbocycles. The van der Waals surface area contributed by atoms with Crippen molar-refractivity contribution in [2.24, 2.45) is 0 Å². The largest absolute Gasteiger partial charge is 0.460 e. The molecule has 0 aromatic carbocycles. The summed E-state index contributed by atoms with van der Waals surface area (Å²) in [5.74, 6) is -104. The number of alkyl halides is 40. The van der Waals surface area contributed by atoms with Crippen LogP contribution in [0, 0.1) is 0 Å². The summed E-state index contributed by atoms with van der Waals surface area (Å²) in [4.78, 5) is 0. The van der Waals surface area contributed by atoms with Gasteiger partial charge in [-0.05, 0) is 0 Å². The molecule has 0 bridgehead atoms. The summed E-state index contributed by atoms with van der Waals surface area (Å²) >= 11 is 0. The fraction of sp³-hybridized carbons (Fsp3) is 1.00. The average molecular weight is 1000 g/mol. The van der Waals surface area contributed by atoms with Gasteiger partial charge in [-0.3, -0.25) is 0 Å². The van der Waals surface area contributed by atoms with Crippen LogP contribution >= 0.6 is 0 Å². The van der Waals surface area contributed by atoms with Crippen molar-refractivity contribution in [2.75, 3.05) is 0 Å². The Kier molecular flexibility index (Phi) is 12.6. The van der Waals surface area contributed by atoms with Crippen LogP contribution in [-0.2, 0) is 0 Å². The number of halogens is 40. The summed E-state index contributed by atoms with van der Waals surface area (Å²) in [6, 6.07) is 0. The van der Waals surface area contributed by atoms with Crippen LogP contribution < -0.4 is 0 Å². The van der Waals surface area contributed by atoms with Gasteiger partial charge in [0.2, 0.25) is 0 Å². The molecule has 0 radical (unpaired) electrons. The molecular formula is C18F40Si. The molecule has 41 heteroatoms. The molecule has 0 atom stereocenters. The van der Waals surface area contributed by atoms with Crippen LogP contribution in [0.5, 0.6) is 0 Å². The van der Waals surface area contributed by atoms with Gasteiger partial charge in [0.25, 0.3) is 0 Å². The van der Waals surface area contributed by atoms with Crippen molar-refractivity contribution in [3.63, 3.8) is 0 Å². The first-order chi connectivity index (χ1) is 24.5. The van der Waals surface area contributed by atoms with Gasteiger partial charge in [-0.25, -0.2) is 35.1 Å². The van der Waals surface area contributed by atoms with Crippen molar-refractivity contribution in [2.45, 2.75) is 106 Å². The van der Waals surface area contributed by atoms with E-state index < -0.39 is 114 Å². The first-order valence-electron chi connectivity index (χ1n) is 12.1. The Labute approximate surface area is 291 Å². The molecule has 0 aliphatic rings. The Morgan fingerprint density at radius 2 is 0.271 bits per heavy atom. The Balaban J connectivity index is 8.84. The zero-order valence-electron chi connectivity index (χ0n) is 24.6. The van der Waals surface area contributed by atoms with E-state index in [2.05, 4.69) is 0 Å². The smallest absolute Gasteiger partial charge is 0.204 e. The topological polar surface area (TPSA) is 0 Å². The maximum absolute atomic E-state index is 14.7. The molecule has 0 unspecified atom stereocenters. The van der Waals surface area contributed by atoms with Crippen molar-refractivity contribution in [3.8, 4) is 0 Å². The van der Waals surface area contributed by atoms with Gasteiger partial charge in [-0.2, -0.15) is 140 Å². The third-order valence-electron chi connectivity index (χ3n) is 7.25. The normalized spacial score (nSPS) is 17.5. The Hall–Kier alpha value is -2.58. The fourth-order valence-electron chi connectivity index (χ4n) is 4.01. The minimum atomic E-state index is -14.0. The van der Waals surface area contributed by atoms with E-state index in [-0.39, 0.29) is 0 Å². The van der Waals surface area contributed by atoms with Crippen molar-refractivity contribution in [3.05, 3.63) is 0 Å². The molecule has 0 aliphatic heterocycles. The van der Waals surface area contributed by atoms with Gasteiger partial charge in [0, 0.05) is 0 Å². The van der Waals surface area contributed by atoms with E-state index in [0.29, 0.717) is 0 Å². The van der Waals surface area contributed by atoms with Gasteiger partial charge < -0.3 is 0 Å². The first kappa shape index (κ1) is 56.4. The van der Waals surface area contributed by atoms with Crippen LogP contribution in [0.3, 0.4) is 0 Å². The molecule has 0 saturated carbocycles. The van der Waals surface area contributed by atoms with Gasteiger partial charge in [0.1, 0.15) is 0 Å². The SMILES string of the molecule is FC(F)(F)C(F)(F)C(F)(F)C(F)(F)C(F)(F)C(F)(F)C(F)(F)C(F)(F)C(F)(F)C(F)(F)C(F)(F)C(F)(F)[Si](C(F)(F)C(F)(F)F)(C(F)(F)C(F)(F)F)C(F)(F)C(F)(F)F. The van der Waals surface area contributed by atoms with E-state index in [0.717, 1.165) is 0 Å². The predicted octanol–water partition coefficient (Wildman–Crippen LogP) is 12.7. The zero-order chi connectivity index (χ0) is 49.5.